The summed E-state index contributed by atoms with van der Waals surface area (Å²) in [5.41, 5.74) is -1.08. The fourth-order valence-electron chi connectivity index (χ4n) is 0.789. The van der Waals surface area contributed by atoms with Crippen molar-refractivity contribution >= 4 is 0 Å². The van der Waals surface area contributed by atoms with Gasteiger partial charge in [-0.2, -0.15) is 5.10 Å². The van der Waals surface area contributed by atoms with Crippen molar-refractivity contribution in [2.75, 3.05) is 0 Å². The second-order valence-corrected chi connectivity index (χ2v) is 2.26. The first-order valence-electron chi connectivity index (χ1n) is 3.19. The summed E-state index contributed by atoms with van der Waals surface area (Å²) >= 11 is 0. The maximum absolute atomic E-state index is 11.1. The number of hydrogen-bond acceptors (Lipinski definition) is 3. The smallest absolute Gasteiger partial charge is 0.266 e. The van der Waals surface area contributed by atoms with Crippen LogP contribution in [-0.2, 0) is 14.1 Å². The number of terminal acetylenes is 1. The molecule has 62 valence electrons. The second-order valence-electron chi connectivity index (χ2n) is 2.26. The third kappa shape index (κ3) is 1.03. The Hall–Kier alpha value is -1.83. The summed E-state index contributed by atoms with van der Waals surface area (Å²) in [6.07, 6.45) is 5.00. The molecule has 0 amide bonds. The van der Waals surface area contributed by atoms with Crippen LogP contribution in [0.3, 0.4) is 0 Å². The van der Waals surface area contributed by atoms with Gasteiger partial charge in [0, 0.05) is 14.1 Å². The lowest BCUT2D eigenvalue weighted by Gasteiger charge is -1.99. The lowest BCUT2D eigenvalue weighted by atomic mass is 10.5. The molecular weight excluding hydrogens is 158 g/mol. The van der Waals surface area contributed by atoms with Gasteiger partial charge in [0.25, 0.3) is 5.56 Å². The zero-order valence-corrected chi connectivity index (χ0v) is 6.74. The van der Waals surface area contributed by atoms with Gasteiger partial charge in [-0.3, -0.25) is 9.36 Å². The zero-order valence-electron chi connectivity index (χ0n) is 6.74. The Labute approximate surface area is 68.3 Å². The van der Waals surface area contributed by atoms with E-state index in [1.807, 2.05) is 0 Å². The predicted molar refractivity (Wildman–Crippen MR) is 42.7 cm³/mol. The van der Waals surface area contributed by atoms with Crippen LogP contribution in [0.1, 0.15) is 5.69 Å². The van der Waals surface area contributed by atoms with Gasteiger partial charge in [0.05, 0.1) is 0 Å². The Morgan fingerprint density at radius 3 is 2.50 bits per heavy atom. The van der Waals surface area contributed by atoms with E-state index >= 15 is 0 Å². The van der Waals surface area contributed by atoms with Crippen molar-refractivity contribution in [2.24, 2.45) is 14.1 Å². The van der Waals surface area contributed by atoms with Crippen molar-refractivity contribution in [3.63, 3.8) is 0 Å². The van der Waals surface area contributed by atoms with E-state index in [0.29, 0.717) is 0 Å². The molecule has 0 atom stereocenters. The van der Waals surface area contributed by atoms with Crippen LogP contribution in [-0.4, -0.2) is 14.3 Å². The molecular formula is C7H7N3O2. The van der Waals surface area contributed by atoms with E-state index < -0.39 is 11.2 Å². The molecule has 1 heterocycles. The summed E-state index contributed by atoms with van der Waals surface area (Å²) in [6.45, 7) is 0. The van der Waals surface area contributed by atoms with Gasteiger partial charge in [-0.15, -0.1) is 6.42 Å². The molecule has 0 saturated carbocycles. The normalized spacial score (nSPS) is 9.42. The average molecular weight is 165 g/mol. The minimum Gasteiger partial charge on any atom is -0.266 e. The van der Waals surface area contributed by atoms with Crippen LogP contribution < -0.4 is 11.2 Å². The van der Waals surface area contributed by atoms with Crippen molar-refractivity contribution in [2.45, 2.75) is 0 Å². The molecule has 0 aliphatic carbocycles. The highest BCUT2D eigenvalue weighted by molar-refractivity contribution is 5.19. The summed E-state index contributed by atoms with van der Waals surface area (Å²) in [7, 11) is 2.79. The van der Waals surface area contributed by atoms with Gasteiger partial charge in [-0.05, 0) is 5.92 Å². The number of rotatable bonds is 0. The summed E-state index contributed by atoms with van der Waals surface area (Å²) < 4.78 is 1.94. The van der Waals surface area contributed by atoms with Crippen LogP contribution in [0.5, 0.6) is 0 Å². The molecule has 0 fully saturated rings. The summed E-state index contributed by atoms with van der Waals surface area (Å²) in [6, 6.07) is 0. The lowest BCUT2D eigenvalue weighted by Crippen LogP contribution is -2.40. The van der Waals surface area contributed by atoms with E-state index in [1.54, 1.807) is 0 Å². The van der Waals surface area contributed by atoms with Crippen LogP contribution in [0, 0.1) is 12.3 Å². The van der Waals surface area contributed by atoms with Crippen LogP contribution in [0.15, 0.2) is 9.59 Å². The molecule has 1 aromatic rings. The van der Waals surface area contributed by atoms with Crippen LogP contribution in [0.2, 0.25) is 0 Å². The molecule has 0 unspecified atom stereocenters. The summed E-state index contributed by atoms with van der Waals surface area (Å²) in [5, 5.41) is 3.59. The fraction of sp³-hybridized carbons (Fsp3) is 0.286. The Morgan fingerprint density at radius 2 is 2.00 bits per heavy atom. The van der Waals surface area contributed by atoms with E-state index in [0.717, 1.165) is 9.25 Å². The Bertz CT molecular complexity index is 461. The minimum absolute atomic E-state index is 0.0559. The predicted octanol–water partition coefficient (Wildman–Crippen LogP) is -1.54. The zero-order chi connectivity index (χ0) is 9.30. The van der Waals surface area contributed by atoms with Crippen LogP contribution in [0.4, 0.5) is 0 Å². The SMILES string of the molecule is C#Cc1nn(C)c(=O)n(C)c1=O. The molecule has 0 aromatic carbocycles. The Morgan fingerprint density at radius 1 is 1.42 bits per heavy atom. The number of nitrogens with zero attached hydrogens (tertiary/aromatic N) is 3. The topological polar surface area (TPSA) is 56.9 Å². The summed E-state index contributed by atoms with van der Waals surface area (Å²) in [5.74, 6) is 2.10. The fourth-order valence-corrected chi connectivity index (χ4v) is 0.789. The number of aromatic nitrogens is 3. The molecule has 0 bridgehead atoms. The van der Waals surface area contributed by atoms with Crippen LogP contribution in [0.25, 0.3) is 0 Å². The second kappa shape index (κ2) is 2.66. The molecule has 0 N–H and O–H groups in total. The standard InChI is InChI=1S/C7H7N3O2/c1-4-5-6(11)9(2)7(12)10(3)8-5/h1H,2-3H3. The van der Waals surface area contributed by atoms with Crippen molar-refractivity contribution in [3.05, 3.63) is 26.5 Å². The molecule has 0 spiro atoms. The highest BCUT2D eigenvalue weighted by Gasteiger charge is 2.04. The molecule has 0 saturated heterocycles. The van der Waals surface area contributed by atoms with Gasteiger partial charge in [0.2, 0.25) is 0 Å². The first-order chi connectivity index (χ1) is 5.57. The number of aryl methyl sites for hydroxylation is 1. The maximum Gasteiger partial charge on any atom is 0.346 e. The minimum atomic E-state index is -0.541. The largest absolute Gasteiger partial charge is 0.346 e. The van der Waals surface area contributed by atoms with E-state index in [2.05, 4.69) is 11.0 Å². The van der Waals surface area contributed by atoms with Gasteiger partial charge in [0.15, 0.2) is 5.69 Å². The van der Waals surface area contributed by atoms with Crippen molar-refractivity contribution in [3.8, 4) is 12.3 Å². The van der Waals surface area contributed by atoms with E-state index in [1.165, 1.54) is 14.1 Å². The first-order valence-corrected chi connectivity index (χ1v) is 3.19. The van der Waals surface area contributed by atoms with E-state index in [9.17, 15) is 9.59 Å². The van der Waals surface area contributed by atoms with E-state index in [4.69, 9.17) is 6.42 Å². The van der Waals surface area contributed by atoms with Crippen molar-refractivity contribution < 1.29 is 0 Å². The van der Waals surface area contributed by atoms with Gasteiger partial charge in [-0.1, -0.05) is 0 Å². The van der Waals surface area contributed by atoms with Gasteiger partial charge < -0.3 is 0 Å². The highest BCUT2D eigenvalue weighted by Crippen LogP contribution is 1.74. The lowest BCUT2D eigenvalue weighted by molar-refractivity contribution is 0.595. The highest BCUT2D eigenvalue weighted by atomic mass is 16.2. The van der Waals surface area contributed by atoms with Gasteiger partial charge in [0.1, 0.15) is 0 Å². The average Bonchev–Trinajstić information content (AvgIpc) is 2.08. The van der Waals surface area contributed by atoms with Crippen LogP contribution >= 0.6 is 0 Å². The maximum atomic E-state index is 11.1. The Kier molecular flexibility index (Phi) is 1.83. The summed E-state index contributed by atoms with van der Waals surface area (Å²) in [4.78, 5) is 22.2. The Balaban J connectivity index is 3.77. The molecule has 0 aliphatic heterocycles. The molecule has 0 aliphatic rings. The third-order valence-corrected chi connectivity index (χ3v) is 1.46. The molecule has 5 nitrogen and oxygen atoms in total. The molecule has 0 radical (unpaired) electrons. The molecule has 1 rings (SSSR count). The quantitative estimate of drug-likeness (QED) is 0.438. The molecule has 1 aromatic heterocycles. The molecule has 5 heteroatoms. The van der Waals surface area contributed by atoms with E-state index in [-0.39, 0.29) is 5.69 Å². The first kappa shape index (κ1) is 8.27. The monoisotopic (exact) mass is 165 g/mol. The third-order valence-electron chi connectivity index (χ3n) is 1.46. The molecule has 12 heavy (non-hydrogen) atoms. The van der Waals surface area contributed by atoms with Gasteiger partial charge in [-0.25, -0.2) is 9.48 Å². The van der Waals surface area contributed by atoms with Crippen molar-refractivity contribution in [1.29, 1.82) is 0 Å². The van der Waals surface area contributed by atoms with Crippen molar-refractivity contribution in [1.82, 2.24) is 14.3 Å². The van der Waals surface area contributed by atoms with Gasteiger partial charge >= 0.3 is 5.69 Å². The number of hydrogen-bond donors (Lipinski definition) is 0.